The normalized spacial score (nSPS) is 13.3. The quantitative estimate of drug-likeness (QED) is 0.821. The lowest BCUT2D eigenvalue weighted by Gasteiger charge is -2.17. The Morgan fingerprint density at radius 1 is 1.05 bits per heavy atom. The minimum Gasteiger partial charge on any atom is -0.384 e. The number of benzene rings is 2. The molecule has 2 aromatic rings. The van der Waals surface area contributed by atoms with Gasteiger partial charge in [-0.2, -0.15) is 13.2 Å². The summed E-state index contributed by atoms with van der Waals surface area (Å²) in [6, 6.07) is 8.43. The van der Waals surface area contributed by atoms with E-state index in [9.17, 15) is 18.3 Å². The average Bonchev–Trinajstić information content (AvgIpc) is 2.35. The van der Waals surface area contributed by atoms with Crippen molar-refractivity contribution >= 4 is 11.6 Å². The third-order valence-corrected chi connectivity index (χ3v) is 3.49. The summed E-state index contributed by atoms with van der Waals surface area (Å²) in [4.78, 5) is 0. The van der Waals surface area contributed by atoms with Gasteiger partial charge in [0.25, 0.3) is 0 Å². The van der Waals surface area contributed by atoms with E-state index < -0.39 is 17.8 Å². The van der Waals surface area contributed by atoms with Crippen molar-refractivity contribution in [2.24, 2.45) is 0 Å². The number of aryl methyl sites for hydroxylation is 2. The second kappa shape index (κ2) is 5.70. The molecule has 0 saturated heterocycles. The first-order valence-electron chi connectivity index (χ1n) is 6.31. The van der Waals surface area contributed by atoms with Crippen LogP contribution in [0.5, 0.6) is 0 Å². The van der Waals surface area contributed by atoms with Gasteiger partial charge in [-0.25, -0.2) is 0 Å². The maximum atomic E-state index is 12.6. The molecular formula is C16H14ClF3O. The van der Waals surface area contributed by atoms with Crippen LogP contribution in [0.25, 0.3) is 0 Å². The van der Waals surface area contributed by atoms with Crippen molar-refractivity contribution in [3.63, 3.8) is 0 Å². The van der Waals surface area contributed by atoms with Gasteiger partial charge in [0, 0.05) is 5.02 Å². The zero-order valence-electron chi connectivity index (χ0n) is 11.5. The van der Waals surface area contributed by atoms with Gasteiger partial charge in [-0.15, -0.1) is 0 Å². The molecule has 0 spiro atoms. The Kier molecular flexibility index (Phi) is 4.30. The molecule has 0 aliphatic rings. The van der Waals surface area contributed by atoms with Crippen molar-refractivity contribution in [3.05, 3.63) is 69.2 Å². The van der Waals surface area contributed by atoms with Crippen molar-refractivity contribution in [1.82, 2.24) is 0 Å². The van der Waals surface area contributed by atoms with E-state index in [1.54, 1.807) is 25.1 Å². The lowest BCUT2D eigenvalue weighted by atomic mass is 9.95. The first-order chi connectivity index (χ1) is 9.68. The minimum atomic E-state index is -4.39. The fraction of sp³-hybridized carbons (Fsp3) is 0.250. The van der Waals surface area contributed by atoms with Gasteiger partial charge in [0.1, 0.15) is 6.10 Å². The molecule has 0 bridgehead atoms. The first-order valence-corrected chi connectivity index (χ1v) is 6.69. The van der Waals surface area contributed by atoms with Gasteiger partial charge < -0.3 is 5.11 Å². The van der Waals surface area contributed by atoms with E-state index in [1.165, 1.54) is 6.07 Å². The van der Waals surface area contributed by atoms with Crippen LogP contribution in [0.15, 0.2) is 36.4 Å². The van der Waals surface area contributed by atoms with Gasteiger partial charge in [0.2, 0.25) is 0 Å². The summed E-state index contributed by atoms with van der Waals surface area (Å²) in [5.74, 6) is 0. The largest absolute Gasteiger partial charge is 0.416 e. The molecule has 0 saturated carbocycles. The highest BCUT2D eigenvalue weighted by atomic mass is 35.5. The Balaban J connectivity index is 2.42. The fourth-order valence-electron chi connectivity index (χ4n) is 2.26. The van der Waals surface area contributed by atoms with E-state index in [4.69, 9.17) is 11.6 Å². The van der Waals surface area contributed by atoms with Crippen molar-refractivity contribution in [1.29, 1.82) is 0 Å². The number of aliphatic hydroxyl groups is 1. The maximum absolute atomic E-state index is 12.6. The van der Waals surface area contributed by atoms with Crippen LogP contribution in [0.2, 0.25) is 5.02 Å². The van der Waals surface area contributed by atoms with Crippen LogP contribution < -0.4 is 0 Å². The van der Waals surface area contributed by atoms with Crippen LogP contribution in [-0.4, -0.2) is 5.11 Å². The molecule has 2 rings (SSSR count). The van der Waals surface area contributed by atoms with Gasteiger partial charge in [-0.1, -0.05) is 23.7 Å². The second-order valence-corrected chi connectivity index (χ2v) is 5.47. The standard InChI is InChI=1S/C16H14ClF3O/c1-9-5-11(8-13(17)6-9)15(21)14-4-3-12(7-10(14)2)16(18,19)20/h3-8,15,21H,1-2H3. The van der Waals surface area contributed by atoms with E-state index in [0.29, 0.717) is 21.7 Å². The van der Waals surface area contributed by atoms with E-state index in [1.807, 2.05) is 6.92 Å². The van der Waals surface area contributed by atoms with Crippen LogP contribution in [0, 0.1) is 13.8 Å². The van der Waals surface area contributed by atoms with Crippen LogP contribution >= 0.6 is 11.6 Å². The van der Waals surface area contributed by atoms with Crippen molar-refractivity contribution in [3.8, 4) is 0 Å². The summed E-state index contributed by atoms with van der Waals surface area (Å²) in [6.07, 6.45) is -5.40. The van der Waals surface area contributed by atoms with E-state index in [-0.39, 0.29) is 0 Å². The van der Waals surface area contributed by atoms with Crippen LogP contribution in [-0.2, 0) is 6.18 Å². The Labute approximate surface area is 126 Å². The summed E-state index contributed by atoms with van der Waals surface area (Å²) < 4.78 is 37.9. The molecular weight excluding hydrogens is 301 g/mol. The first kappa shape index (κ1) is 15.9. The number of alkyl halides is 3. The summed E-state index contributed by atoms with van der Waals surface area (Å²) in [6.45, 7) is 3.38. The van der Waals surface area contributed by atoms with Crippen molar-refractivity contribution in [2.45, 2.75) is 26.1 Å². The predicted octanol–water partition coefficient (Wildman–Crippen LogP) is 5.06. The summed E-state index contributed by atoms with van der Waals surface area (Å²) in [7, 11) is 0. The van der Waals surface area contributed by atoms with Gasteiger partial charge in [0.05, 0.1) is 5.56 Å². The smallest absolute Gasteiger partial charge is 0.384 e. The zero-order chi connectivity index (χ0) is 15.8. The molecule has 0 aliphatic carbocycles. The molecule has 112 valence electrons. The third kappa shape index (κ3) is 3.57. The molecule has 5 heteroatoms. The van der Waals surface area contributed by atoms with Gasteiger partial charge in [-0.3, -0.25) is 0 Å². The molecule has 1 atom stereocenters. The Hall–Kier alpha value is -1.52. The number of hydrogen-bond acceptors (Lipinski definition) is 1. The minimum absolute atomic E-state index is 0.384. The molecule has 0 amide bonds. The number of hydrogen-bond donors (Lipinski definition) is 1. The van der Waals surface area contributed by atoms with Crippen molar-refractivity contribution in [2.75, 3.05) is 0 Å². The zero-order valence-corrected chi connectivity index (χ0v) is 12.3. The van der Waals surface area contributed by atoms with Gasteiger partial charge in [0.15, 0.2) is 0 Å². The monoisotopic (exact) mass is 314 g/mol. The van der Waals surface area contributed by atoms with Crippen LogP contribution in [0.1, 0.15) is 33.9 Å². The highest BCUT2D eigenvalue weighted by molar-refractivity contribution is 6.30. The van der Waals surface area contributed by atoms with Crippen molar-refractivity contribution < 1.29 is 18.3 Å². The molecule has 0 fully saturated rings. The van der Waals surface area contributed by atoms with E-state index in [0.717, 1.165) is 17.7 Å². The van der Waals surface area contributed by atoms with E-state index >= 15 is 0 Å². The van der Waals surface area contributed by atoms with Gasteiger partial charge in [-0.05, 0) is 60.4 Å². The predicted molar refractivity (Wildman–Crippen MR) is 76.4 cm³/mol. The Bertz CT molecular complexity index is 645. The lowest BCUT2D eigenvalue weighted by Crippen LogP contribution is -2.08. The maximum Gasteiger partial charge on any atom is 0.416 e. The summed E-state index contributed by atoms with van der Waals surface area (Å²) in [5.41, 5.74) is 1.53. The molecule has 0 aromatic heterocycles. The summed E-state index contributed by atoms with van der Waals surface area (Å²) in [5, 5.41) is 10.9. The molecule has 1 unspecified atom stereocenters. The highest BCUT2D eigenvalue weighted by Crippen LogP contribution is 2.33. The lowest BCUT2D eigenvalue weighted by molar-refractivity contribution is -0.137. The fourth-order valence-corrected chi connectivity index (χ4v) is 2.56. The molecule has 0 aliphatic heterocycles. The van der Waals surface area contributed by atoms with Crippen LogP contribution in [0.4, 0.5) is 13.2 Å². The summed E-state index contributed by atoms with van der Waals surface area (Å²) >= 11 is 5.95. The topological polar surface area (TPSA) is 20.2 Å². The highest BCUT2D eigenvalue weighted by Gasteiger charge is 2.31. The number of halogens is 4. The molecule has 2 aromatic carbocycles. The molecule has 1 N–H and O–H groups in total. The van der Waals surface area contributed by atoms with Gasteiger partial charge >= 0.3 is 6.18 Å². The average molecular weight is 315 g/mol. The molecule has 21 heavy (non-hydrogen) atoms. The SMILES string of the molecule is Cc1cc(Cl)cc(C(O)c2ccc(C(F)(F)F)cc2C)c1. The Morgan fingerprint density at radius 3 is 2.24 bits per heavy atom. The Morgan fingerprint density at radius 2 is 1.71 bits per heavy atom. The molecule has 0 heterocycles. The number of aliphatic hydroxyl groups excluding tert-OH is 1. The molecule has 1 nitrogen and oxygen atoms in total. The van der Waals surface area contributed by atoms with E-state index in [2.05, 4.69) is 0 Å². The molecule has 0 radical (unpaired) electrons. The second-order valence-electron chi connectivity index (χ2n) is 5.03. The number of rotatable bonds is 2. The third-order valence-electron chi connectivity index (χ3n) is 3.27. The van der Waals surface area contributed by atoms with Crippen LogP contribution in [0.3, 0.4) is 0 Å².